The van der Waals surface area contributed by atoms with E-state index in [-0.39, 0.29) is 39.6 Å². The predicted molar refractivity (Wildman–Crippen MR) is 60.6 cm³/mol. The Hall–Kier alpha value is -0.320. The highest BCUT2D eigenvalue weighted by Gasteiger charge is 2.05. The molecule has 17 heavy (non-hydrogen) atoms. The summed E-state index contributed by atoms with van der Waals surface area (Å²) in [6.07, 6.45) is 0. The molecule has 0 aliphatic rings. The van der Waals surface area contributed by atoms with Crippen LogP contribution >= 0.6 is 0 Å². The van der Waals surface area contributed by atoms with Gasteiger partial charge in [-0.3, -0.25) is 0 Å². The molecule has 0 aliphatic heterocycles. The molecule has 0 aromatic carbocycles. The second-order valence-electron chi connectivity index (χ2n) is 3.24. The standard InChI is InChI=1S/C6H15NO6.C3H9N/c8-1-4-11-7(12-5-2-9)13-6-3-10;1-4(2)3/h8-10H,1-6H2;1-3H3. The zero-order valence-electron chi connectivity index (χ0n) is 10.7. The maximum absolute atomic E-state index is 8.40. The van der Waals surface area contributed by atoms with Gasteiger partial charge in [-0.15, -0.1) is 0 Å². The van der Waals surface area contributed by atoms with Gasteiger partial charge in [-0.25, -0.2) is 14.5 Å². The van der Waals surface area contributed by atoms with Gasteiger partial charge in [0.15, 0.2) is 0 Å². The minimum atomic E-state index is -0.179. The third-order valence-corrected chi connectivity index (χ3v) is 0.864. The maximum Gasteiger partial charge on any atom is 0.0967 e. The van der Waals surface area contributed by atoms with E-state index in [0.717, 1.165) is 0 Å². The lowest BCUT2D eigenvalue weighted by molar-refractivity contribution is -0.527. The summed E-state index contributed by atoms with van der Waals surface area (Å²) in [6.45, 7) is -0.505. The monoisotopic (exact) mass is 256 g/mol. The van der Waals surface area contributed by atoms with E-state index < -0.39 is 0 Å². The quantitative estimate of drug-likeness (QED) is 0.418. The molecule has 8 nitrogen and oxygen atoms in total. The minimum Gasteiger partial charge on any atom is -0.394 e. The molecule has 0 heterocycles. The van der Waals surface area contributed by atoms with Crippen LogP contribution in [0.3, 0.4) is 0 Å². The fraction of sp³-hybridized carbons (Fsp3) is 1.00. The van der Waals surface area contributed by atoms with Gasteiger partial charge in [-0.05, 0) is 21.1 Å². The van der Waals surface area contributed by atoms with E-state index in [2.05, 4.69) is 0 Å². The third kappa shape index (κ3) is 21.5. The summed E-state index contributed by atoms with van der Waals surface area (Å²) in [4.78, 5) is 16.1. The highest BCUT2D eigenvalue weighted by Crippen LogP contribution is 1.93. The van der Waals surface area contributed by atoms with Crippen molar-refractivity contribution < 1.29 is 29.8 Å². The number of rotatable bonds is 9. The highest BCUT2D eigenvalue weighted by molar-refractivity contribution is 4.19. The Morgan fingerprint density at radius 1 is 0.706 bits per heavy atom. The zero-order chi connectivity index (χ0) is 13.5. The van der Waals surface area contributed by atoms with Gasteiger partial charge in [-0.2, -0.15) is 0 Å². The Balaban J connectivity index is 0. The first-order valence-electron chi connectivity index (χ1n) is 5.20. The van der Waals surface area contributed by atoms with E-state index in [1.807, 2.05) is 26.0 Å². The van der Waals surface area contributed by atoms with E-state index >= 15 is 0 Å². The van der Waals surface area contributed by atoms with Gasteiger partial charge in [0.2, 0.25) is 0 Å². The molecule has 0 unspecified atom stereocenters. The smallest absolute Gasteiger partial charge is 0.0967 e. The molecule has 0 radical (unpaired) electrons. The lowest BCUT2D eigenvalue weighted by atomic mass is 10.8. The van der Waals surface area contributed by atoms with E-state index in [0.29, 0.717) is 5.39 Å². The van der Waals surface area contributed by atoms with Gasteiger partial charge in [0.1, 0.15) is 0 Å². The number of hydrogen-bond donors (Lipinski definition) is 3. The Kier molecular flexibility index (Phi) is 17.6. The van der Waals surface area contributed by atoms with Crippen LogP contribution in [0.5, 0.6) is 0 Å². The number of nitrogens with zero attached hydrogens (tertiary/aromatic N) is 2. The van der Waals surface area contributed by atoms with E-state index in [1.54, 1.807) is 0 Å². The van der Waals surface area contributed by atoms with Crippen LogP contribution in [0.2, 0.25) is 0 Å². The van der Waals surface area contributed by atoms with Crippen LogP contribution in [-0.4, -0.2) is 86.4 Å². The Labute approximate surface area is 102 Å². The van der Waals surface area contributed by atoms with Crippen LogP contribution in [0.1, 0.15) is 0 Å². The van der Waals surface area contributed by atoms with Crippen LogP contribution in [-0.2, 0) is 14.5 Å². The number of aliphatic hydroxyl groups excluding tert-OH is 3. The average Bonchev–Trinajstić information content (AvgIpc) is 2.27. The van der Waals surface area contributed by atoms with Crippen molar-refractivity contribution in [3.05, 3.63) is 0 Å². The van der Waals surface area contributed by atoms with E-state index in [1.165, 1.54) is 0 Å². The molecule has 0 aromatic rings. The predicted octanol–water partition coefficient (Wildman–Crippen LogP) is -1.76. The van der Waals surface area contributed by atoms with E-state index in [9.17, 15) is 0 Å². The molecule has 0 rings (SSSR count). The summed E-state index contributed by atoms with van der Waals surface area (Å²) in [6, 6.07) is 0. The first-order valence-corrected chi connectivity index (χ1v) is 5.20. The summed E-state index contributed by atoms with van der Waals surface area (Å²) in [5, 5.41) is 25.9. The van der Waals surface area contributed by atoms with Gasteiger partial charge in [-0.1, -0.05) is 0 Å². The SMILES string of the molecule is CN(C)C.OCCON(OCCO)OCCO. The van der Waals surface area contributed by atoms with Crippen LogP contribution in [0.15, 0.2) is 0 Å². The minimum absolute atomic E-state index is 0.0108. The molecule has 0 amide bonds. The fourth-order valence-electron chi connectivity index (χ4n) is 0.458. The Morgan fingerprint density at radius 2 is 0.941 bits per heavy atom. The topological polar surface area (TPSA) is 94.9 Å². The first-order chi connectivity index (χ1) is 8.08. The molecule has 106 valence electrons. The van der Waals surface area contributed by atoms with Gasteiger partial charge in [0, 0.05) is 0 Å². The summed E-state index contributed by atoms with van der Waals surface area (Å²) in [5.74, 6) is 0. The molecular weight excluding hydrogens is 232 g/mol. The van der Waals surface area contributed by atoms with Gasteiger partial charge >= 0.3 is 0 Å². The van der Waals surface area contributed by atoms with Crippen molar-refractivity contribution in [2.45, 2.75) is 0 Å². The second-order valence-corrected chi connectivity index (χ2v) is 3.24. The van der Waals surface area contributed by atoms with Crippen LogP contribution in [0.25, 0.3) is 0 Å². The fourth-order valence-corrected chi connectivity index (χ4v) is 0.458. The number of aliphatic hydroxyl groups is 3. The molecule has 0 aliphatic carbocycles. The summed E-state index contributed by atoms with van der Waals surface area (Å²) in [7, 11) is 6.00. The molecule has 0 saturated carbocycles. The van der Waals surface area contributed by atoms with Crippen molar-refractivity contribution in [3.63, 3.8) is 0 Å². The number of hydrogen-bond acceptors (Lipinski definition) is 8. The maximum atomic E-state index is 8.40. The summed E-state index contributed by atoms with van der Waals surface area (Å²) >= 11 is 0. The highest BCUT2D eigenvalue weighted by atomic mass is 17.2. The summed E-state index contributed by atoms with van der Waals surface area (Å²) < 4.78 is 0. The van der Waals surface area contributed by atoms with Gasteiger partial charge < -0.3 is 20.2 Å². The molecular formula is C9H24N2O6. The molecule has 0 saturated heterocycles. The Bertz CT molecular complexity index is 117. The molecule has 0 spiro atoms. The van der Waals surface area contributed by atoms with Crippen molar-refractivity contribution in [2.24, 2.45) is 0 Å². The van der Waals surface area contributed by atoms with Crippen LogP contribution < -0.4 is 0 Å². The van der Waals surface area contributed by atoms with Crippen LogP contribution in [0, 0.1) is 0 Å². The lowest BCUT2D eigenvalue weighted by Gasteiger charge is -2.17. The lowest BCUT2D eigenvalue weighted by Crippen LogP contribution is -2.28. The van der Waals surface area contributed by atoms with Crippen molar-refractivity contribution in [3.8, 4) is 0 Å². The first kappa shape index (κ1) is 19.0. The van der Waals surface area contributed by atoms with Crippen molar-refractivity contribution in [1.82, 2.24) is 10.3 Å². The van der Waals surface area contributed by atoms with Crippen molar-refractivity contribution in [1.29, 1.82) is 0 Å². The van der Waals surface area contributed by atoms with Crippen molar-refractivity contribution >= 4 is 0 Å². The molecule has 0 aromatic heterocycles. The van der Waals surface area contributed by atoms with Gasteiger partial charge in [0.05, 0.1) is 45.0 Å². The van der Waals surface area contributed by atoms with Gasteiger partial charge in [0.25, 0.3) is 0 Å². The molecule has 0 fully saturated rings. The van der Waals surface area contributed by atoms with E-state index in [4.69, 9.17) is 29.8 Å². The molecule has 3 N–H and O–H groups in total. The van der Waals surface area contributed by atoms with Crippen molar-refractivity contribution in [2.75, 3.05) is 60.8 Å². The molecule has 8 heteroatoms. The normalized spacial score (nSPS) is 10.6. The molecule has 0 atom stereocenters. The second kappa shape index (κ2) is 15.7. The average molecular weight is 256 g/mol. The summed E-state index contributed by atoms with van der Waals surface area (Å²) in [5.41, 5.74) is 0. The van der Waals surface area contributed by atoms with Crippen LogP contribution in [0.4, 0.5) is 0 Å². The molecule has 0 bridgehead atoms. The Morgan fingerprint density at radius 3 is 1.12 bits per heavy atom. The zero-order valence-corrected chi connectivity index (χ0v) is 10.7. The largest absolute Gasteiger partial charge is 0.394 e. The third-order valence-electron chi connectivity index (χ3n) is 0.864.